The van der Waals surface area contributed by atoms with Crippen LogP contribution in [0.2, 0.25) is 0 Å². The molecule has 0 bridgehead atoms. The van der Waals surface area contributed by atoms with Gasteiger partial charge in [0.05, 0.1) is 23.9 Å². The van der Waals surface area contributed by atoms with Gasteiger partial charge in [0.2, 0.25) is 0 Å². The molecule has 0 radical (unpaired) electrons. The number of halogens is 1. The minimum atomic E-state index is -0.370. The molecule has 4 nitrogen and oxygen atoms in total. The van der Waals surface area contributed by atoms with Crippen LogP contribution in [0.1, 0.15) is 23.7 Å². The van der Waals surface area contributed by atoms with E-state index in [1.807, 2.05) is 23.7 Å². The first-order chi connectivity index (χ1) is 9.15. The lowest BCUT2D eigenvalue weighted by molar-refractivity contribution is 0.617. The van der Waals surface area contributed by atoms with Crippen molar-refractivity contribution in [3.8, 4) is 6.07 Å². The number of nitrogens with one attached hydrogen (secondary N) is 1. The molecular weight excluding hydrogens is 243 g/mol. The van der Waals surface area contributed by atoms with E-state index < -0.39 is 0 Å². The van der Waals surface area contributed by atoms with Crippen LogP contribution in [-0.4, -0.2) is 9.78 Å². The minimum Gasteiger partial charge on any atom is -0.379 e. The van der Waals surface area contributed by atoms with Gasteiger partial charge in [0, 0.05) is 24.0 Å². The fourth-order valence-electron chi connectivity index (χ4n) is 1.91. The molecule has 0 unspecified atom stereocenters. The Hall–Kier alpha value is -2.35. The third-order valence-corrected chi connectivity index (χ3v) is 3.04. The molecular formula is C14H15FN4. The van der Waals surface area contributed by atoms with Gasteiger partial charge in [0.15, 0.2) is 0 Å². The van der Waals surface area contributed by atoms with E-state index in [1.165, 1.54) is 6.07 Å². The van der Waals surface area contributed by atoms with Gasteiger partial charge < -0.3 is 5.32 Å². The Balaban J connectivity index is 2.20. The Morgan fingerprint density at radius 1 is 1.47 bits per heavy atom. The summed E-state index contributed by atoms with van der Waals surface area (Å²) < 4.78 is 15.5. The average Bonchev–Trinajstić information content (AvgIpc) is 2.87. The van der Waals surface area contributed by atoms with Crippen molar-refractivity contribution in [1.82, 2.24) is 9.78 Å². The highest BCUT2D eigenvalue weighted by Crippen LogP contribution is 2.21. The van der Waals surface area contributed by atoms with Gasteiger partial charge in [-0.25, -0.2) is 4.39 Å². The molecule has 0 spiro atoms. The van der Waals surface area contributed by atoms with Gasteiger partial charge >= 0.3 is 0 Å². The number of hydrogen-bond donors (Lipinski definition) is 1. The first-order valence-corrected chi connectivity index (χ1v) is 6.10. The molecule has 2 aromatic rings. The number of benzene rings is 1. The second kappa shape index (κ2) is 5.53. The van der Waals surface area contributed by atoms with E-state index in [0.717, 1.165) is 12.2 Å². The lowest BCUT2D eigenvalue weighted by atomic mass is 10.1. The lowest BCUT2D eigenvalue weighted by Gasteiger charge is -2.11. The highest BCUT2D eigenvalue weighted by atomic mass is 19.1. The van der Waals surface area contributed by atoms with Gasteiger partial charge in [-0.2, -0.15) is 10.4 Å². The summed E-state index contributed by atoms with van der Waals surface area (Å²) in [6.07, 6.45) is 1.74. The number of nitriles is 1. The molecule has 0 aliphatic rings. The molecule has 0 aliphatic carbocycles. The van der Waals surface area contributed by atoms with E-state index in [-0.39, 0.29) is 5.82 Å². The second-order valence-electron chi connectivity index (χ2n) is 4.23. The Morgan fingerprint density at radius 3 is 2.95 bits per heavy atom. The molecule has 0 aliphatic heterocycles. The molecule has 1 N–H and O–H groups in total. The van der Waals surface area contributed by atoms with E-state index in [2.05, 4.69) is 10.4 Å². The third kappa shape index (κ3) is 2.74. The maximum atomic E-state index is 13.6. The molecule has 5 heteroatoms. The Kier molecular flexibility index (Phi) is 3.81. The van der Waals surface area contributed by atoms with Gasteiger partial charge in [-0.15, -0.1) is 0 Å². The SMILES string of the molecule is CCn1nccc1CNc1cc(C#N)cc(F)c1C. The van der Waals surface area contributed by atoms with Crippen LogP contribution >= 0.6 is 0 Å². The van der Waals surface area contributed by atoms with Crippen LogP contribution in [0.5, 0.6) is 0 Å². The van der Waals surface area contributed by atoms with Crippen LogP contribution in [-0.2, 0) is 13.1 Å². The summed E-state index contributed by atoms with van der Waals surface area (Å²) in [5.41, 5.74) is 2.49. The largest absolute Gasteiger partial charge is 0.379 e. The number of nitrogens with zero attached hydrogens (tertiary/aromatic N) is 3. The predicted molar refractivity (Wildman–Crippen MR) is 71.1 cm³/mol. The second-order valence-corrected chi connectivity index (χ2v) is 4.23. The molecule has 1 aromatic carbocycles. The molecule has 2 rings (SSSR count). The van der Waals surface area contributed by atoms with E-state index in [9.17, 15) is 4.39 Å². The standard InChI is InChI=1S/C14H15FN4/c1-3-19-12(4-5-18-19)9-17-14-7-11(8-16)6-13(15)10(14)2/h4-7,17H,3,9H2,1-2H3. The van der Waals surface area contributed by atoms with Crippen molar-refractivity contribution in [2.45, 2.75) is 26.9 Å². The third-order valence-electron chi connectivity index (χ3n) is 3.04. The van der Waals surface area contributed by atoms with Crippen molar-refractivity contribution in [1.29, 1.82) is 5.26 Å². The van der Waals surface area contributed by atoms with Crippen LogP contribution in [0.3, 0.4) is 0 Å². The summed E-state index contributed by atoms with van der Waals surface area (Å²) in [7, 11) is 0. The highest BCUT2D eigenvalue weighted by Gasteiger charge is 2.08. The highest BCUT2D eigenvalue weighted by molar-refractivity contribution is 5.55. The van der Waals surface area contributed by atoms with Gasteiger partial charge in [0.1, 0.15) is 5.82 Å². The normalized spacial score (nSPS) is 10.2. The molecule has 98 valence electrons. The zero-order valence-electron chi connectivity index (χ0n) is 10.9. The summed E-state index contributed by atoms with van der Waals surface area (Å²) in [6, 6.07) is 6.77. The van der Waals surface area contributed by atoms with E-state index in [1.54, 1.807) is 19.2 Å². The van der Waals surface area contributed by atoms with Crippen molar-refractivity contribution in [3.05, 3.63) is 47.0 Å². The number of aryl methyl sites for hydroxylation is 1. The van der Waals surface area contributed by atoms with Gasteiger partial charge in [-0.3, -0.25) is 4.68 Å². The van der Waals surface area contributed by atoms with E-state index >= 15 is 0 Å². The van der Waals surface area contributed by atoms with Crippen LogP contribution in [0.15, 0.2) is 24.4 Å². The van der Waals surface area contributed by atoms with Crippen LogP contribution in [0.4, 0.5) is 10.1 Å². The minimum absolute atomic E-state index is 0.314. The van der Waals surface area contributed by atoms with E-state index in [4.69, 9.17) is 5.26 Å². The zero-order chi connectivity index (χ0) is 13.8. The maximum Gasteiger partial charge on any atom is 0.129 e. The lowest BCUT2D eigenvalue weighted by Crippen LogP contribution is -2.09. The maximum absolute atomic E-state index is 13.6. The molecule has 0 fully saturated rings. The van der Waals surface area contributed by atoms with Crippen molar-refractivity contribution in [2.24, 2.45) is 0 Å². The van der Waals surface area contributed by atoms with E-state index in [0.29, 0.717) is 23.4 Å². The van der Waals surface area contributed by atoms with Crippen molar-refractivity contribution in [3.63, 3.8) is 0 Å². The molecule has 1 aromatic heterocycles. The zero-order valence-corrected chi connectivity index (χ0v) is 10.9. The monoisotopic (exact) mass is 258 g/mol. The fourth-order valence-corrected chi connectivity index (χ4v) is 1.91. The molecule has 0 amide bonds. The van der Waals surface area contributed by atoms with Crippen molar-refractivity contribution in [2.75, 3.05) is 5.32 Å². The van der Waals surface area contributed by atoms with Crippen molar-refractivity contribution >= 4 is 5.69 Å². The van der Waals surface area contributed by atoms with Gasteiger partial charge in [0.25, 0.3) is 0 Å². The topological polar surface area (TPSA) is 53.6 Å². The van der Waals surface area contributed by atoms with Crippen molar-refractivity contribution < 1.29 is 4.39 Å². The number of aromatic nitrogens is 2. The number of hydrogen-bond acceptors (Lipinski definition) is 3. The summed E-state index contributed by atoms with van der Waals surface area (Å²) >= 11 is 0. The Bertz CT molecular complexity index is 625. The summed E-state index contributed by atoms with van der Waals surface area (Å²) in [5.74, 6) is -0.370. The average molecular weight is 258 g/mol. The van der Waals surface area contributed by atoms with Gasteiger partial charge in [-0.1, -0.05) is 0 Å². The summed E-state index contributed by atoms with van der Waals surface area (Å²) in [6.45, 7) is 5.03. The Labute approximate surface area is 111 Å². The predicted octanol–water partition coefficient (Wildman–Crippen LogP) is 2.83. The summed E-state index contributed by atoms with van der Waals surface area (Å²) in [4.78, 5) is 0. The molecule has 1 heterocycles. The summed E-state index contributed by atoms with van der Waals surface area (Å²) in [5, 5.41) is 16.2. The first kappa shape index (κ1) is 13.1. The molecule has 0 saturated carbocycles. The quantitative estimate of drug-likeness (QED) is 0.917. The van der Waals surface area contributed by atoms with Crippen LogP contribution in [0.25, 0.3) is 0 Å². The Morgan fingerprint density at radius 2 is 2.26 bits per heavy atom. The van der Waals surface area contributed by atoms with Crippen LogP contribution in [0, 0.1) is 24.1 Å². The fraction of sp³-hybridized carbons (Fsp3) is 0.286. The molecule has 0 atom stereocenters. The molecule has 0 saturated heterocycles. The smallest absolute Gasteiger partial charge is 0.129 e. The number of anilines is 1. The van der Waals surface area contributed by atoms with Gasteiger partial charge in [-0.05, 0) is 32.0 Å². The first-order valence-electron chi connectivity index (χ1n) is 6.10. The van der Waals surface area contributed by atoms with Crippen LogP contribution < -0.4 is 5.32 Å². The molecule has 19 heavy (non-hydrogen) atoms. The number of rotatable bonds is 4.